The molecule has 2 rings (SSSR count). The van der Waals surface area contributed by atoms with Crippen molar-refractivity contribution in [1.29, 1.82) is 0 Å². The molecule has 0 unspecified atom stereocenters. The van der Waals surface area contributed by atoms with Crippen LogP contribution in [0.3, 0.4) is 0 Å². The summed E-state index contributed by atoms with van der Waals surface area (Å²) >= 11 is 5.90. The Bertz CT molecular complexity index is 490. The van der Waals surface area contributed by atoms with Crippen LogP contribution in [0.5, 0.6) is 0 Å². The Labute approximate surface area is 86.3 Å². The van der Waals surface area contributed by atoms with Crippen LogP contribution in [0.25, 0.3) is 11.0 Å². The number of hydrogen-bond acceptors (Lipinski definition) is 1. The molecule has 2 aromatic rings. The SMILES string of the molecule is CCn1cnc2c(F)c(C)c(Cl)cc21. The predicted octanol–water partition coefficient (Wildman–Crippen LogP) is 3.16. The van der Waals surface area contributed by atoms with Crippen LogP contribution in [0.2, 0.25) is 5.02 Å². The lowest BCUT2D eigenvalue weighted by Gasteiger charge is -2.03. The summed E-state index contributed by atoms with van der Waals surface area (Å²) < 4.78 is 15.5. The Morgan fingerprint density at radius 3 is 2.93 bits per heavy atom. The van der Waals surface area contributed by atoms with E-state index < -0.39 is 0 Å². The largest absolute Gasteiger partial charge is 0.331 e. The molecular formula is C10H10ClFN2. The summed E-state index contributed by atoms with van der Waals surface area (Å²) in [6.07, 6.45) is 1.63. The van der Waals surface area contributed by atoms with Gasteiger partial charge in [-0.05, 0) is 19.9 Å². The van der Waals surface area contributed by atoms with Gasteiger partial charge < -0.3 is 4.57 Å². The van der Waals surface area contributed by atoms with Gasteiger partial charge in [0, 0.05) is 17.1 Å². The van der Waals surface area contributed by atoms with Crippen LogP contribution in [0, 0.1) is 12.7 Å². The zero-order valence-electron chi connectivity index (χ0n) is 8.01. The Hall–Kier alpha value is -1.09. The maximum Gasteiger partial charge on any atom is 0.155 e. The van der Waals surface area contributed by atoms with Gasteiger partial charge in [0.1, 0.15) is 5.52 Å². The number of rotatable bonds is 1. The van der Waals surface area contributed by atoms with Crippen molar-refractivity contribution in [1.82, 2.24) is 9.55 Å². The highest BCUT2D eigenvalue weighted by Crippen LogP contribution is 2.26. The Balaban J connectivity index is 2.86. The number of aromatic nitrogens is 2. The summed E-state index contributed by atoms with van der Waals surface area (Å²) in [5, 5.41) is 0.449. The van der Waals surface area contributed by atoms with Crippen LogP contribution in [-0.4, -0.2) is 9.55 Å². The molecule has 74 valence electrons. The average Bonchev–Trinajstić information content (AvgIpc) is 2.57. The molecule has 4 heteroatoms. The quantitative estimate of drug-likeness (QED) is 0.710. The van der Waals surface area contributed by atoms with E-state index in [0.29, 0.717) is 16.1 Å². The summed E-state index contributed by atoms with van der Waals surface area (Å²) in [5.41, 5.74) is 1.61. The minimum Gasteiger partial charge on any atom is -0.331 e. The lowest BCUT2D eigenvalue weighted by atomic mass is 10.2. The lowest BCUT2D eigenvalue weighted by molar-refractivity contribution is 0.628. The number of nitrogens with zero attached hydrogens (tertiary/aromatic N) is 2. The molecule has 2 nitrogen and oxygen atoms in total. The first-order chi connectivity index (χ1) is 6.65. The fourth-order valence-electron chi connectivity index (χ4n) is 1.47. The maximum absolute atomic E-state index is 13.6. The summed E-state index contributed by atoms with van der Waals surface area (Å²) in [7, 11) is 0. The van der Waals surface area contributed by atoms with Gasteiger partial charge in [-0.1, -0.05) is 11.6 Å². The molecule has 0 fully saturated rings. The highest BCUT2D eigenvalue weighted by atomic mass is 35.5. The Kier molecular flexibility index (Phi) is 2.19. The third kappa shape index (κ3) is 1.20. The number of hydrogen-bond donors (Lipinski definition) is 0. The van der Waals surface area contributed by atoms with E-state index in [1.165, 1.54) is 0 Å². The number of aryl methyl sites for hydroxylation is 1. The van der Waals surface area contributed by atoms with Crippen molar-refractivity contribution in [2.45, 2.75) is 20.4 Å². The number of benzene rings is 1. The zero-order valence-corrected chi connectivity index (χ0v) is 8.77. The normalized spacial score (nSPS) is 11.1. The average molecular weight is 213 g/mol. The summed E-state index contributed by atoms with van der Waals surface area (Å²) in [4.78, 5) is 4.02. The van der Waals surface area contributed by atoms with E-state index >= 15 is 0 Å². The second-order valence-electron chi connectivity index (χ2n) is 3.20. The number of fused-ring (bicyclic) bond motifs is 1. The first-order valence-electron chi connectivity index (χ1n) is 4.44. The summed E-state index contributed by atoms with van der Waals surface area (Å²) in [6, 6.07) is 1.76. The first kappa shape index (κ1) is 9.46. The van der Waals surface area contributed by atoms with Crippen molar-refractivity contribution >= 4 is 22.6 Å². The fraction of sp³-hybridized carbons (Fsp3) is 0.300. The van der Waals surface area contributed by atoms with Crippen LogP contribution in [0.4, 0.5) is 4.39 Å². The van der Waals surface area contributed by atoms with Gasteiger partial charge >= 0.3 is 0 Å². The lowest BCUT2D eigenvalue weighted by Crippen LogP contribution is -1.92. The van der Waals surface area contributed by atoms with Gasteiger partial charge in [-0.3, -0.25) is 0 Å². The van der Waals surface area contributed by atoms with E-state index in [4.69, 9.17) is 11.6 Å². The molecule has 0 atom stereocenters. The molecule has 1 heterocycles. The maximum atomic E-state index is 13.6. The van der Waals surface area contributed by atoms with E-state index in [1.54, 1.807) is 19.3 Å². The zero-order chi connectivity index (χ0) is 10.3. The molecule has 0 N–H and O–H groups in total. The van der Waals surface area contributed by atoms with E-state index in [9.17, 15) is 4.39 Å². The van der Waals surface area contributed by atoms with E-state index in [1.807, 2.05) is 11.5 Å². The molecule has 0 aliphatic rings. The highest BCUT2D eigenvalue weighted by molar-refractivity contribution is 6.32. The molecule has 0 radical (unpaired) electrons. The number of imidazole rings is 1. The molecule has 14 heavy (non-hydrogen) atoms. The Morgan fingerprint density at radius 2 is 2.29 bits per heavy atom. The molecule has 0 aliphatic heterocycles. The van der Waals surface area contributed by atoms with Crippen LogP contribution in [0.15, 0.2) is 12.4 Å². The van der Waals surface area contributed by atoms with Crippen molar-refractivity contribution < 1.29 is 4.39 Å². The second-order valence-corrected chi connectivity index (χ2v) is 3.60. The van der Waals surface area contributed by atoms with Gasteiger partial charge in [-0.15, -0.1) is 0 Å². The molecule has 1 aromatic heterocycles. The van der Waals surface area contributed by atoms with Gasteiger partial charge in [-0.2, -0.15) is 0 Å². The summed E-state index contributed by atoms with van der Waals surface area (Å²) in [6.45, 7) is 4.39. The molecule has 0 bridgehead atoms. The highest BCUT2D eigenvalue weighted by Gasteiger charge is 2.12. The smallest absolute Gasteiger partial charge is 0.155 e. The van der Waals surface area contributed by atoms with Crippen LogP contribution >= 0.6 is 11.6 Å². The van der Waals surface area contributed by atoms with E-state index in [-0.39, 0.29) is 5.82 Å². The van der Waals surface area contributed by atoms with Crippen LogP contribution < -0.4 is 0 Å². The van der Waals surface area contributed by atoms with Crippen LogP contribution in [0.1, 0.15) is 12.5 Å². The molecule has 0 amide bonds. The third-order valence-corrected chi connectivity index (χ3v) is 2.77. The minimum atomic E-state index is -0.320. The van der Waals surface area contributed by atoms with Gasteiger partial charge in [0.25, 0.3) is 0 Å². The number of halogens is 2. The first-order valence-corrected chi connectivity index (χ1v) is 4.82. The van der Waals surface area contributed by atoms with Crippen molar-refractivity contribution in [3.8, 4) is 0 Å². The van der Waals surface area contributed by atoms with Crippen molar-refractivity contribution in [2.75, 3.05) is 0 Å². The van der Waals surface area contributed by atoms with Crippen molar-refractivity contribution in [2.24, 2.45) is 0 Å². The topological polar surface area (TPSA) is 17.8 Å². The van der Waals surface area contributed by atoms with Crippen molar-refractivity contribution in [3.63, 3.8) is 0 Å². The van der Waals surface area contributed by atoms with Gasteiger partial charge in [-0.25, -0.2) is 9.37 Å². The molecule has 0 saturated carbocycles. The Morgan fingerprint density at radius 1 is 1.57 bits per heavy atom. The molecular weight excluding hydrogens is 203 g/mol. The monoisotopic (exact) mass is 212 g/mol. The van der Waals surface area contributed by atoms with E-state index in [2.05, 4.69) is 4.98 Å². The molecule has 0 saturated heterocycles. The van der Waals surface area contributed by atoms with Crippen LogP contribution in [-0.2, 0) is 6.54 Å². The standard InChI is InChI=1S/C10H10ClFN2/c1-3-14-5-13-10-8(14)4-7(11)6(2)9(10)12/h4-5H,3H2,1-2H3. The second kappa shape index (κ2) is 3.24. The molecule has 0 aliphatic carbocycles. The van der Waals surface area contributed by atoms with Gasteiger partial charge in [0.15, 0.2) is 5.82 Å². The molecule has 1 aromatic carbocycles. The predicted molar refractivity (Wildman–Crippen MR) is 55.1 cm³/mol. The van der Waals surface area contributed by atoms with Crippen molar-refractivity contribution in [3.05, 3.63) is 28.8 Å². The van der Waals surface area contributed by atoms with Gasteiger partial charge in [0.2, 0.25) is 0 Å². The fourth-order valence-corrected chi connectivity index (χ4v) is 1.66. The third-order valence-electron chi connectivity index (χ3n) is 2.38. The minimum absolute atomic E-state index is 0.320. The molecule has 0 spiro atoms. The van der Waals surface area contributed by atoms with Gasteiger partial charge in [0.05, 0.1) is 11.8 Å². The summed E-state index contributed by atoms with van der Waals surface area (Å²) in [5.74, 6) is -0.320. The van der Waals surface area contributed by atoms with E-state index in [0.717, 1.165) is 12.1 Å².